The number of rotatable bonds is 5. The summed E-state index contributed by atoms with van der Waals surface area (Å²) in [5.74, 6) is 6.91. The average molecular weight is 476 g/mol. The fraction of sp³-hybridized carbons (Fsp3) is 0.192. The lowest BCUT2D eigenvalue weighted by Crippen LogP contribution is -2.26. The molecule has 0 bridgehead atoms. The Morgan fingerprint density at radius 2 is 1.71 bits per heavy atom. The third-order valence-corrected chi connectivity index (χ3v) is 5.74. The lowest BCUT2D eigenvalue weighted by Gasteiger charge is -2.14. The normalized spacial score (nSPS) is 11.7. The van der Waals surface area contributed by atoms with Gasteiger partial charge in [0.2, 0.25) is 0 Å². The van der Waals surface area contributed by atoms with Crippen LogP contribution in [0.25, 0.3) is 11.1 Å². The van der Waals surface area contributed by atoms with Crippen molar-refractivity contribution in [1.82, 2.24) is 5.32 Å². The third kappa shape index (κ3) is 4.76. The fourth-order valence-electron chi connectivity index (χ4n) is 3.80. The first kappa shape index (κ1) is 21.0. The standard InChI is InChI=1S/C26H22BrNO3/c1-30-25-16-19(27)14-13-18(25)8-6-7-15-28-26(29)31-17-24-22-11-4-2-9-20(22)21-10-3-5-12-23(21)24/h2-5,9-14,16,24H,7,15,17H2,1H3,(H,28,29). The smallest absolute Gasteiger partial charge is 0.407 e. The van der Waals surface area contributed by atoms with E-state index in [2.05, 4.69) is 57.4 Å². The first-order chi connectivity index (χ1) is 15.2. The number of ether oxygens (including phenoxy) is 2. The van der Waals surface area contributed by atoms with Crippen molar-refractivity contribution in [2.75, 3.05) is 20.3 Å². The minimum atomic E-state index is -0.426. The topological polar surface area (TPSA) is 47.6 Å². The molecule has 4 nitrogen and oxygen atoms in total. The molecule has 3 aromatic carbocycles. The van der Waals surface area contributed by atoms with Gasteiger partial charge in [-0.05, 0) is 40.5 Å². The van der Waals surface area contributed by atoms with Gasteiger partial charge in [0.1, 0.15) is 12.4 Å². The van der Waals surface area contributed by atoms with Gasteiger partial charge in [0.25, 0.3) is 0 Å². The van der Waals surface area contributed by atoms with E-state index in [-0.39, 0.29) is 5.92 Å². The largest absolute Gasteiger partial charge is 0.495 e. The first-order valence-corrected chi connectivity index (χ1v) is 10.9. The highest BCUT2D eigenvalue weighted by Crippen LogP contribution is 2.44. The Kier molecular flexibility index (Phi) is 6.59. The van der Waals surface area contributed by atoms with Crippen LogP contribution < -0.4 is 10.1 Å². The van der Waals surface area contributed by atoms with Crippen LogP contribution in [0.1, 0.15) is 29.0 Å². The van der Waals surface area contributed by atoms with E-state index in [4.69, 9.17) is 9.47 Å². The number of carbonyl (C=O) groups is 1. The summed E-state index contributed by atoms with van der Waals surface area (Å²) in [6.07, 6.45) is 0.0912. The first-order valence-electron chi connectivity index (χ1n) is 10.1. The van der Waals surface area contributed by atoms with Crippen molar-refractivity contribution >= 4 is 22.0 Å². The highest BCUT2D eigenvalue weighted by Gasteiger charge is 2.28. The van der Waals surface area contributed by atoms with Crippen LogP contribution in [-0.2, 0) is 4.74 Å². The molecule has 0 fully saturated rings. The maximum Gasteiger partial charge on any atom is 0.407 e. The second-order valence-corrected chi connectivity index (χ2v) is 8.06. The summed E-state index contributed by atoms with van der Waals surface area (Å²) < 4.78 is 11.8. The van der Waals surface area contributed by atoms with Crippen molar-refractivity contribution in [1.29, 1.82) is 0 Å². The van der Waals surface area contributed by atoms with Crippen LogP contribution in [0.5, 0.6) is 5.75 Å². The van der Waals surface area contributed by atoms with E-state index in [1.807, 2.05) is 42.5 Å². The molecule has 0 saturated carbocycles. The van der Waals surface area contributed by atoms with Crippen LogP contribution in [0.3, 0.4) is 0 Å². The van der Waals surface area contributed by atoms with Gasteiger partial charge in [0, 0.05) is 23.4 Å². The highest BCUT2D eigenvalue weighted by molar-refractivity contribution is 9.10. The predicted molar refractivity (Wildman–Crippen MR) is 125 cm³/mol. The van der Waals surface area contributed by atoms with Crippen LogP contribution in [0, 0.1) is 11.8 Å². The van der Waals surface area contributed by atoms with Crippen molar-refractivity contribution < 1.29 is 14.3 Å². The Labute approximate surface area is 190 Å². The number of carbonyl (C=O) groups excluding carboxylic acids is 1. The summed E-state index contributed by atoms with van der Waals surface area (Å²) >= 11 is 3.41. The van der Waals surface area contributed by atoms with Gasteiger partial charge in [-0.25, -0.2) is 4.79 Å². The van der Waals surface area contributed by atoms with E-state index in [0.717, 1.165) is 10.0 Å². The van der Waals surface area contributed by atoms with Gasteiger partial charge in [-0.1, -0.05) is 76.3 Å². The van der Waals surface area contributed by atoms with Crippen LogP contribution in [0.2, 0.25) is 0 Å². The molecule has 0 aliphatic heterocycles. The van der Waals surface area contributed by atoms with Crippen LogP contribution in [0.15, 0.2) is 71.2 Å². The van der Waals surface area contributed by atoms with Gasteiger partial charge < -0.3 is 14.8 Å². The molecule has 1 N–H and O–H groups in total. The minimum Gasteiger partial charge on any atom is -0.495 e. The van der Waals surface area contributed by atoms with E-state index >= 15 is 0 Å². The molecule has 0 atom stereocenters. The zero-order valence-corrected chi connectivity index (χ0v) is 18.7. The summed E-state index contributed by atoms with van der Waals surface area (Å²) in [6, 6.07) is 22.3. The maximum absolute atomic E-state index is 12.2. The Morgan fingerprint density at radius 3 is 2.39 bits per heavy atom. The number of nitrogens with one attached hydrogen (secondary N) is 1. The van der Waals surface area contributed by atoms with Crippen molar-refractivity contribution in [2.24, 2.45) is 0 Å². The summed E-state index contributed by atoms with van der Waals surface area (Å²) in [4.78, 5) is 12.2. The molecule has 0 unspecified atom stereocenters. The number of methoxy groups -OCH3 is 1. The highest BCUT2D eigenvalue weighted by atomic mass is 79.9. The number of amides is 1. The van der Waals surface area contributed by atoms with Crippen LogP contribution in [0.4, 0.5) is 4.79 Å². The summed E-state index contributed by atoms with van der Waals surface area (Å²) in [6.45, 7) is 0.726. The molecular formula is C26H22BrNO3. The molecule has 156 valence electrons. The zero-order chi connectivity index (χ0) is 21.6. The number of alkyl carbamates (subject to hydrolysis) is 1. The molecule has 0 heterocycles. The van der Waals surface area contributed by atoms with Gasteiger partial charge in [-0.2, -0.15) is 0 Å². The maximum atomic E-state index is 12.2. The molecule has 1 aliphatic rings. The number of fused-ring (bicyclic) bond motifs is 3. The van der Waals surface area contributed by atoms with Gasteiger partial charge in [0.15, 0.2) is 0 Å². The van der Waals surface area contributed by atoms with E-state index in [0.29, 0.717) is 25.3 Å². The van der Waals surface area contributed by atoms with Crippen molar-refractivity contribution in [3.63, 3.8) is 0 Å². The molecule has 5 heteroatoms. The molecule has 0 radical (unpaired) electrons. The minimum absolute atomic E-state index is 0.0582. The van der Waals surface area contributed by atoms with Gasteiger partial charge in [0.05, 0.1) is 12.7 Å². The Balaban J connectivity index is 1.29. The molecule has 4 rings (SSSR count). The van der Waals surface area contributed by atoms with E-state index in [1.54, 1.807) is 7.11 Å². The molecule has 0 aromatic heterocycles. The van der Waals surface area contributed by atoms with Gasteiger partial charge in [-0.3, -0.25) is 0 Å². The van der Waals surface area contributed by atoms with E-state index < -0.39 is 6.09 Å². The lowest BCUT2D eigenvalue weighted by molar-refractivity contribution is 0.143. The number of halogens is 1. The SMILES string of the molecule is COc1cc(Br)ccc1C#CCCNC(=O)OCC1c2ccccc2-c2ccccc21. The fourth-order valence-corrected chi connectivity index (χ4v) is 4.14. The quantitative estimate of drug-likeness (QED) is 0.378. The Hall–Kier alpha value is -3.23. The van der Waals surface area contributed by atoms with Crippen molar-refractivity contribution in [3.8, 4) is 28.7 Å². The molecular weight excluding hydrogens is 454 g/mol. The van der Waals surface area contributed by atoms with Gasteiger partial charge in [-0.15, -0.1) is 0 Å². The zero-order valence-electron chi connectivity index (χ0n) is 17.2. The summed E-state index contributed by atoms with van der Waals surface area (Å²) in [7, 11) is 1.62. The molecule has 0 spiro atoms. The van der Waals surface area contributed by atoms with E-state index in [9.17, 15) is 4.79 Å². The van der Waals surface area contributed by atoms with Crippen molar-refractivity contribution in [2.45, 2.75) is 12.3 Å². The molecule has 1 aliphatic carbocycles. The number of hydrogen-bond donors (Lipinski definition) is 1. The van der Waals surface area contributed by atoms with Gasteiger partial charge >= 0.3 is 6.09 Å². The molecule has 3 aromatic rings. The van der Waals surface area contributed by atoms with E-state index in [1.165, 1.54) is 22.3 Å². The number of hydrogen-bond acceptors (Lipinski definition) is 3. The second kappa shape index (κ2) is 9.72. The van der Waals surface area contributed by atoms with Crippen LogP contribution in [-0.4, -0.2) is 26.4 Å². The monoisotopic (exact) mass is 475 g/mol. The second-order valence-electron chi connectivity index (χ2n) is 7.15. The molecule has 31 heavy (non-hydrogen) atoms. The summed E-state index contributed by atoms with van der Waals surface area (Å²) in [5.41, 5.74) is 5.64. The summed E-state index contributed by atoms with van der Waals surface area (Å²) in [5, 5.41) is 2.78. The predicted octanol–water partition coefficient (Wildman–Crippen LogP) is 5.74. The number of benzene rings is 3. The van der Waals surface area contributed by atoms with Crippen LogP contribution >= 0.6 is 15.9 Å². The Bertz CT molecular complexity index is 1120. The molecule has 1 amide bonds. The lowest BCUT2D eigenvalue weighted by atomic mass is 9.98. The molecule has 0 saturated heterocycles. The average Bonchev–Trinajstić information content (AvgIpc) is 3.12. The van der Waals surface area contributed by atoms with Crippen molar-refractivity contribution in [3.05, 3.63) is 87.9 Å². The third-order valence-electron chi connectivity index (χ3n) is 5.25. The Morgan fingerprint density at radius 1 is 1.03 bits per heavy atom.